The molecule has 0 bridgehead atoms. The lowest BCUT2D eigenvalue weighted by Gasteiger charge is -2.03. The highest BCUT2D eigenvalue weighted by molar-refractivity contribution is 5.95. The van der Waals surface area contributed by atoms with E-state index in [4.69, 9.17) is 0 Å². The molecular formula is C11H12N2O. The number of nitrogens with one attached hydrogen (secondary N) is 1. The summed E-state index contributed by atoms with van der Waals surface area (Å²) in [5.74, 6) is 0.466. The van der Waals surface area contributed by atoms with E-state index in [1.54, 1.807) is 0 Å². The number of benzene rings is 1. The van der Waals surface area contributed by atoms with Crippen molar-refractivity contribution in [2.24, 2.45) is 0 Å². The predicted octanol–water partition coefficient (Wildman–Crippen LogP) is 2.50. The second kappa shape index (κ2) is 3.25. The van der Waals surface area contributed by atoms with Crippen molar-refractivity contribution in [2.75, 3.05) is 0 Å². The molecular weight excluding hydrogens is 176 g/mol. The van der Waals surface area contributed by atoms with Crippen molar-refractivity contribution in [3.05, 3.63) is 29.5 Å². The number of aromatic nitrogens is 2. The summed E-state index contributed by atoms with van der Waals surface area (Å²) in [7, 11) is 0. The summed E-state index contributed by atoms with van der Waals surface area (Å²) in [4.78, 5) is 10.7. The Morgan fingerprint density at radius 2 is 2.21 bits per heavy atom. The maximum absolute atomic E-state index is 10.7. The van der Waals surface area contributed by atoms with E-state index in [-0.39, 0.29) is 0 Å². The van der Waals surface area contributed by atoms with Crippen molar-refractivity contribution >= 4 is 17.2 Å². The number of aldehydes is 1. The van der Waals surface area contributed by atoms with Gasteiger partial charge in [-0.1, -0.05) is 19.9 Å². The molecule has 2 rings (SSSR count). The number of carbonyl (C=O) groups excluding carboxylic acids is 1. The van der Waals surface area contributed by atoms with Crippen molar-refractivity contribution in [1.82, 2.24) is 10.2 Å². The molecule has 0 aliphatic heterocycles. The summed E-state index contributed by atoms with van der Waals surface area (Å²) in [5.41, 5.74) is 2.63. The first-order valence-electron chi connectivity index (χ1n) is 4.65. The Hall–Kier alpha value is -1.64. The average molecular weight is 188 g/mol. The maximum Gasteiger partial charge on any atom is 0.168 e. The fraction of sp³-hybridized carbons (Fsp3) is 0.273. The van der Waals surface area contributed by atoms with Crippen molar-refractivity contribution in [2.45, 2.75) is 19.8 Å². The maximum atomic E-state index is 10.7. The fourth-order valence-corrected chi connectivity index (χ4v) is 1.50. The van der Waals surface area contributed by atoms with Crippen LogP contribution in [0.1, 0.15) is 35.8 Å². The zero-order valence-electron chi connectivity index (χ0n) is 8.24. The Kier molecular flexibility index (Phi) is 2.08. The van der Waals surface area contributed by atoms with Crippen LogP contribution < -0.4 is 0 Å². The van der Waals surface area contributed by atoms with Crippen LogP contribution in [-0.2, 0) is 0 Å². The highest BCUT2D eigenvalue weighted by Crippen LogP contribution is 2.21. The smallest absolute Gasteiger partial charge is 0.168 e. The quantitative estimate of drug-likeness (QED) is 0.736. The Balaban J connectivity index is 2.67. The Morgan fingerprint density at radius 1 is 1.43 bits per heavy atom. The lowest BCUT2D eigenvalue weighted by Crippen LogP contribution is -1.86. The van der Waals surface area contributed by atoms with Crippen LogP contribution in [0.5, 0.6) is 0 Å². The van der Waals surface area contributed by atoms with Gasteiger partial charge in [0.25, 0.3) is 0 Å². The molecule has 0 amide bonds. The van der Waals surface area contributed by atoms with Gasteiger partial charge >= 0.3 is 0 Å². The van der Waals surface area contributed by atoms with Crippen LogP contribution in [-0.4, -0.2) is 16.5 Å². The van der Waals surface area contributed by atoms with Crippen molar-refractivity contribution < 1.29 is 4.79 Å². The van der Waals surface area contributed by atoms with E-state index >= 15 is 0 Å². The minimum atomic E-state index is 0.466. The van der Waals surface area contributed by atoms with E-state index in [9.17, 15) is 4.79 Å². The number of aromatic amines is 1. The Labute approximate surface area is 82.1 Å². The van der Waals surface area contributed by atoms with Crippen molar-refractivity contribution in [3.63, 3.8) is 0 Å². The molecule has 14 heavy (non-hydrogen) atoms. The van der Waals surface area contributed by atoms with Crippen LogP contribution in [0.4, 0.5) is 0 Å². The van der Waals surface area contributed by atoms with E-state index < -0.39 is 0 Å². The number of carbonyl (C=O) groups is 1. The summed E-state index contributed by atoms with van der Waals surface area (Å²) in [6.45, 7) is 4.25. The molecule has 0 radical (unpaired) electrons. The first kappa shape index (κ1) is 8.94. The number of H-pyrrole nitrogens is 1. The van der Waals surface area contributed by atoms with Crippen molar-refractivity contribution in [3.8, 4) is 0 Å². The Morgan fingerprint density at radius 3 is 2.86 bits per heavy atom. The van der Waals surface area contributed by atoms with Gasteiger partial charge in [0.1, 0.15) is 5.69 Å². The van der Waals surface area contributed by atoms with E-state index in [1.165, 1.54) is 5.56 Å². The third kappa shape index (κ3) is 1.31. The number of rotatable bonds is 2. The van der Waals surface area contributed by atoms with Crippen LogP contribution >= 0.6 is 0 Å². The van der Waals surface area contributed by atoms with Gasteiger partial charge in [-0.15, -0.1) is 0 Å². The zero-order chi connectivity index (χ0) is 10.1. The minimum Gasteiger partial charge on any atom is -0.296 e. The lowest BCUT2D eigenvalue weighted by molar-refractivity contribution is 0.112. The third-order valence-electron chi connectivity index (χ3n) is 2.39. The van der Waals surface area contributed by atoms with Gasteiger partial charge in [-0.3, -0.25) is 9.89 Å². The van der Waals surface area contributed by atoms with Crippen LogP contribution in [0, 0.1) is 0 Å². The second-order valence-corrected chi connectivity index (χ2v) is 3.69. The molecule has 1 N–H and O–H groups in total. The first-order valence-corrected chi connectivity index (χ1v) is 4.65. The zero-order valence-corrected chi connectivity index (χ0v) is 8.24. The van der Waals surface area contributed by atoms with Crippen LogP contribution in [0.2, 0.25) is 0 Å². The summed E-state index contributed by atoms with van der Waals surface area (Å²) >= 11 is 0. The molecule has 0 saturated carbocycles. The fourth-order valence-electron chi connectivity index (χ4n) is 1.50. The van der Waals surface area contributed by atoms with Gasteiger partial charge in [0, 0.05) is 5.39 Å². The predicted molar refractivity (Wildman–Crippen MR) is 55.6 cm³/mol. The number of hydrogen-bond acceptors (Lipinski definition) is 2. The highest BCUT2D eigenvalue weighted by atomic mass is 16.1. The molecule has 0 unspecified atom stereocenters. The van der Waals surface area contributed by atoms with Gasteiger partial charge in [0.2, 0.25) is 0 Å². The minimum absolute atomic E-state index is 0.466. The normalized spacial score (nSPS) is 11.1. The molecule has 0 atom stereocenters. The van der Waals surface area contributed by atoms with E-state index in [0.717, 1.165) is 17.2 Å². The summed E-state index contributed by atoms with van der Waals surface area (Å²) in [6.07, 6.45) is 0.805. The molecule has 72 valence electrons. The van der Waals surface area contributed by atoms with Crippen LogP contribution in [0.15, 0.2) is 18.2 Å². The average Bonchev–Trinajstić information content (AvgIpc) is 2.59. The van der Waals surface area contributed by atoms with E-state index in [1.807, 2.05) is 18.2 Å². The SMILES string of the molecule is CC(C)c1ccc2n[nH]c(C=O)c2c1. The molecule has 0 aliphatic carbocycles. The van der Waals surface area contributed by atoms with Gasteiger partial charge in [0.05, 0.1) is 5.52 Å². The molecule has 1 aromatic carbocycles. The molecule has 3 nitrogen and oxygen atoms in total. The van der Waals surface area contributed by atoms with Gasteiger partial charge in [-0.25, -0.2) is 0 Å². The summed E-state index contributed by atoms with van der Waals surface area (Å²) in [6, 6.07) is 6.00. The van der Waals surface area contributed by atoms with Crippen molar-refractivity contribution in [1.29, 1.82) is 0 Å². The number of hydrogen-bond donors (Lipinski definition) is 1. The van der Waals surface area contributed by atoms with Crippen LogP contribution in [0.25, 0.3) is 10.9 Å². The van der Waals surface area contributed by atoms with E-state index in [2.05, 4.69) is 24.0 Å². The number of nitrogens with zero attached hydrogens (tertiary/aromatic N) is 1. The third-order valence-corrected chi connectivity index (χ3v) is 2.39. The summed E-state index contributed by atoms with van der Waals surface area (Å²) in [5, 5.41) is 7.65. The molecule has 1 heterocycles. The topological polar surface area (TPSA) is 45.8 Å². The van der Waals surface area contributed by atoms with E-state index in [0.29, 0.717) is 11.6 Å². The van der Waals surface area contributed by atoms with Gasteiger partial charge in [-0.05, 0) is 23.6 Å². The van der Waals surface area contributed by atoms with Gasteiger partial charge < -0.3 is 0 Å². The number of fused-ring (bicyclic) bond motifs is 1. The first-order chi connectivity index (χ1) is 6.72. The Bertz CT molecular complexity index is 471. The largest absolute Gasteiger partial charge is 0.296 e. The van der Waals surface area contributed by atoms with Crippen LogP contribution in [0.3, 0.4) is 0 Å². The second-order valence-electron chi connectivity index (χ2n) is 3.69. The summed E-state index contributed by atoms with van der Waals surface area (Å²) < 4.78 is 0. The standard InChI is InChI=1S/C11H12N2O/c1-7(2)8-3-4-10-9(5-8)11(6-14)13-12-10/h3-7H,1-2H3,(H,12,13). The highest BCUT2D eigenvalue weighted by Gasteiger charge is 2.06. The molecule has 1 aromatic heterocycles. The van der Waals surface area contributed by atoms with Gasteiger partial charge in [0.15, 0.2) is 6.29 Å². The molecule has 0 spiro atoms. The molecule has 2 aromatic rings. The van der Waals surface area contributed by atoms with Gasteiger partial charge in [-0.2, -0.15) is 5.10 Å². The molecule has 0 fully saturated rings. The lowest BCUT2D eigenvalue weighted by atomic mass is 10.0. The monoisotopic (exact) mass is 188 g/mol. The molecule has 0 aliphatic rings. The molecule has 0 saturated heterocycles. The molecule has 3 heteroatoms.